The molecule has 0 radical (unpaired) electrons. The van der Waals surface area contributed by atoms with E-state index < -0.39 is 4.92 Å². The Morgan fingerprint density at radius 2 is 2.11 bits per heavy atom. The first-order chi connectivity index (χ1) is 8.97. The molecule has 5 nitrogen and oxygen atoms in total. The van der Waals surface area contributed by atoms with Crippen molar-refractivity contribution in [1.29, 1.82) is 0 Å². The number of halogens is 2. The maximum atomic E-state index is 11.9. The van der Waals surface area contributed by atoms with Crippen LogP contribution in [0.2, 0.25) is 5.02 Å². The lowest BCUT2D eigenvalue weighted by molar-refractivity contribution is -0.384. The Morgan fingerprint density at radius 3 is 2.68 bits per heavy atom. The molecule has 0 bridgehead atoms. The third-order valence-electron chi connectivity index (χ3n) is 2.21. The monoisotopic (exact) mass is 360 g/mol. The van der Waals surface area contributed by atoms with Gasteiger partial charge in [0.1, 0.15) is 0 Å². The van der Waals surface area contributed by atoms with Gasteiger partial charge in [0.25, 0.3) is 11.6 Å². The molecule has 1 amide bonds. The van der Waals surface area contributed by atoms with Crippen molar-refractivity contribution in [3.8, 4) is 0 Å². The maximum Gasteiger partial charge on any atom is 0.271 e. The number of nitro benzene ring substituents is 1. The van der Waals surface area contributed by atoms with Gasteiger partial charge in [0.2, 0.25) is 0 Å². The van der Waals surface area contributed by atoms with Crippen LogP contribution >= 0.6 is 38.9 Å². The molecule has 2 rings (SSSR count). The first-order valence-electron chi connectivity index (χ1n) is 4.98. The highest BCUT2D eigenvalue weighted by atomic mass is 79.9. The lowest BCUT2D eigenvalue weighted by Crippen LogP contribution is -2.10. The number of hydrogen-bond acceptors (Lipinski definition) is 4. The number of nitrogens with one attached hydrogen (secondary N) is 1. The number of hydrogen-bond donors (Lipinski definition) is 1. The van der Waals surface area contributed by atoms with Gasteiger partial charge in [0, 0.05) is 12.1 Å². The summed E-state index contributed by atoms with van der Waals surface area (Å²) in [6, 6.07) is 7.27. The largest absolute Gasteiger partial charge is 0.320 e. The molecular formula is C11H6BrClN2O3S. The summed E-state index contributed by atoms with van der Waals surface area (Å²) in [5, 5.41) is 13.5. The number of carbonyl (C=O) groups is 1. The molecule has 0 aliphatic heterocycles. The normalized spacial score (nSPS) is 10.2. The zero-order valence-electron chi connectivity index (χ0n) is 9.22. The number of carbonyl (C=O) groups excluding carboxylic acids is 1. The topological polar surface area (TPSA) is 72.2 Å². The van der Waals surface area contributed by atoms with Gasteiger partial charge in [-0.15, -0.1) is 11.3 Å². The molecule has 0 saturated heterocycles. The highest BCUT2D eigenvalue weighted by molar-refractivity contribution is 9.11. The number of nitrogens with zero attached hydrogens (tertiary/aromatic N) is 1. The van der Waals surface area contributed by atoms with Crippen LogP contribution in [-0.4, -0.2) is 10.8 Å². The van der Waals surface area contributed by atoms with Crippen molar-refractivity contribution < 1.29 is 9.72 Å². The van der Waals surface area contributed by atoms with E-state index in [1.165, 1.54) is 29.5 Å². The van der Waals surface area contributed by atoms with Gasteiger partial charge in [-0.3, -0.25) is 14.9 Å². The molecule has 8 heteroatoms. The molecule has 1 heterocycles. The summed E-state index contributed by atoms with van der Waals surface area (Å²) in [7, 11) is 0. The van der Waals surface area contributed by atoms with Crippen molar-refractivity contribution in [2.24, 2.45) is 0 Å². The van der Waals surface area contributed by atoms with Gasteiger partial charge in [-0.05, 0) is 34.1 Å². The molecule has 0 spiro atoms. The van der Waals surface area contributed by atoms with Crippen LogP contribution in [0, 0.1) is 10.1 Å². The Morgan fingerprint density at radius 1 is 1.37 bits per heavy atom. The van der Waals surface area contributed by atoms with Gasteiger partial charge >= 0.3 is 0 Å². The van der Waals surface area contributed by atoms with E-state index in [2.05, 4.69) is 21.2 Å². The van der Waals surface area contributed by atoms with Crippen molar-refractivity contribution in [2.75, 3.05) is 5.32 Å². The first kappa shape index (κ1) is 14.0. The molecule has 0 saturated carbocycles. The molecule has 0 fully saturated rings. The van der Waals surface area contributed by atoms with Crippen LogP contribution in [0.1, 0.15) is 9.67 Å². The van der Waals surface area contributed by atoms with E-state index in [1.807, 2.05) is 0 Å². The van der Waals surface area contributed by atoms with E-state index in [0.717, 1.165) is 3.79 Å². The van der Waals surface area contributed by atoms with E-state index in [1.54, 1.807) is 12.1 Å². The molecule has 98 valence electrons. The van der Waals surface area contributed by atoms with Crippen molar-refractivity contribution in [2.45, 2.75) is 0 Å². The van der Waals surface area contributed by atoms with Gasteiger partial charge in [-0.2, -0.15) is 0 Å². The number of rotatable bonds is 3. The molecule has 0 atom stereocenters. The molecule has 1 aromatic carbocycles. The van der Waals surface area contributed by atoms with E-state index >= 15 is 0 Å². The van der Waals surface area contributed by atoms with Gasteiger partial charge in [-0.25, -0.2) is 0 Å². The van der Waals surface area contributed by atoms with Crippen LogP contribution in [-0.2, 0) is 0 Å². The maximum absolute atomic E-state index is 11.9. The average molecular weight is 362 g/mol. The van der Waals surface area contributed by atoms with Crippen LogP contribution in [0.3, 0.4) is 0 Å². The molecule has 0 aliphatic rings. The van der Waals surface area contributed by atoms with E-state index in [-0.39, 0.29) is 22.3 Å². The van der Waals surface area contributed by atoms with Crippen LogP contribution in [0.5, 0.6) is 0 Å². The minimum atomic E-state index is -0.548. The summed E-state index contributed by atoms with van der Waals surface area (Å²) in [4.78, 5) is 22.5. The number of nitro groups is 1. The zero-order chi connectivity index (χ0) is 14.0. The minimum Gasteiger partial charge on any atom is -0.320 e. The predicted octanol–water partition coefficient (Wildman–Crippen LogP) is 4.32. The Bertz CT molecular complexity index is 659. The second-order valence-corrected chi connectivity index (χ2v) is 6.35. The van der Waals surface area contributed by atoms with Crippen LogP contribution in [0.15, 0.2) is 34.1 Å². The standard InChI is InChI=1S/C11H6BrClN2O3S/c12-10-4-3-9(19-10)11(16)14-8-5-6(15(17)18)1-2-7(8)13/h1-5H,(H,14,16). The predicted molar refractivity (Wildman–Crippen MR) is 78.1 cm³/mol. The second-order valence-electron chi connectivity index (χ2n) is 3.48. The third kappa shape index (κ3) is 3.31. The number of anilines is 1. The SMILES string of the molecule is O=C(Nc1cc([N+](=O)[O-])ccc1Cl)c1ccc(Br)s1. The molecule has 1 N–H and O–H groups in total. The van der Waals surface area contributed by atoms with Crippen molar-refractivity contribution >= 4 is 56.1 Å². The number of amides is 1. The summed E-state index contributed by atoms with van der Waals surface area (Å²) in [6.07, 6.45) is 0. The smallest absolute Gasteiger partial charge is 0.271 e. The zero-order valence-corrected chi connectivity index (χ0v) is 12.4. The Balaban J connectivity index is 2.25. The number of non-ortho nitro benzene ring substituents is 1. The highest BCUT2D eigenvalue weighted by Crippen LogP contribution is 2.28. The minimum absolute atomic E-state index is 0.132. The average Bonchev–Trinajstić information content (AvgIpc) is 2.78. The molecule has 0 unspecified atom stereocenters. The highest BCUT2D eigenvalue weighted by Gasteiger charge is 2.14. The Labute approximate surface area is 125 Å². The lowest BCUT2D eigenvalue weighted by Gasteiger charge is -2.05. The fourth-order valence-electron chi connectivity index (χ4n) is 1.34. The van der Waals surface area contributed by atoms with Gasteiger partial charge < -0.3 is 5.32 Å². The number of thiophene rings is 1. The summed E-state index contributed by atoms with van der Waals surface area (Å²) >= 11 is 10.4. The van der Waals surface area contributed by atoms with Crippen LogP contribution in [0.25, 0.3) is 0 Å². The van der Waals surface area contributed by atoms with E-state index in [9.17, 15) is 14.9 Å². The van der Waals surface area contributed by atoms with Crippen molar-refractivity contribution in [1.82, 2.24) is 0 Å². The summed E-state index contributed by atoms with van der Waals surface area (Å²) in [5.74, 6) is -0.363. The molecule has 2 aromatic rings. The van der Waals surface area contributed by atoms with Gasteiger partial charge in [0.05, 0.1) is 24.3 Å². The molecular weight excluding hydrogens is 356 g/mol. The third-order valence-corrected chi connectivity index (χ3v) is 4.16. The van der Waals surface area contributed by atoms with E-state index in [4.69, 9.17) is 11.6 Å². The van der Waals surface area contributed by atoms with Crippen molar-refractivity contribution in [3.63, 3.8) is 0 Å². The second kappa shape index (κ2) is 5.68. The lowest BCUT2D eigenvalue weighted by atomic mass is 10.2. The summed E-state index contributed by atoms with van der Waals surface area (Å²) < 4.78 is 0.822. The quantitative estimate of drug-likeness (QED) is 0.653. The Hall–Kier alpha value is -1.44. The molecule has 19 heavy (non-hydrogen) atoms. The number of benzene rings is 1. The fraction of sp³-hybridized carbons (Fsp3) is 0. The van der Waals surface area contributed by atoms with E-state index in [0.29, 0.717) is 4.88 Å². The fourth-order valence-corrected chi connectivity index (χ4v) is 2.79. The van der Waals surface area contributed by atoms with Gasteiger partial charge in [0.15, 0.2) is 0 Å². The van der Waals surface area contributed by atoms with Crippen molar-refractivity contribution in [3.05, 3.63) is 54.1 Å². The summed E-state index contributed by atoms with van der Waals surface area (Å²) in [6.45, 7) is 0. The first-order valence-corrected chi connectivity index (χ1v) is 6.97. The summed E-state index contributed by atoms with van der Waals surface area (Å²) in [5.41, 5.74) is 0.0810. The van der Waals surface area contributed by atoms with Gasteiger partial charge in [-0.1, -0.05) is 11.6 Å². The van der Waals surface area contributed by atoms with Crippen LogP contribution < -0.4 is 5.32 Å². The van der Waals surface area contributed by atoms with Crippen LogP contribution in [0.4, 0.5) is 11.4 Å². The molecule has 0 aliphatic carbocycles. The molecule has 1 aromatic heterocycles. The Kier molecular flexibility index (Phi) is 4.18.